The Kier molecular flexibility index (Phi) is 4.92. The molecule has 1 atom stereocenters. The fraction of sp³-hybridized carbons (Fsp3) is 0.500. The third-order valence-electron chi connectivity index (χ3n) is 2.68. The van der Waals surface area contributed by atoms with Gasteiger partial charge in [-0.2, -0.15) is 0 Å². The Bertz CT molecular complexity index is 352. The van der Waals surface area contributed by atoms with Crippen molar-refractivity contribution >= 4 is 11.6 Å². The molecule has 1 aromatic rings. The third kappa shape index (κ3) is 3.62. The van der Waals surface area contributed by atoms with Gasteiger partial charge in [-0.05, 0) is 25.5 Å². The molecule has 0 aliphatic heterocycles. The Hall–Kier alpha value is -1.42. The summed E-state index contributed by atoms with van der Waals surface area (Å²) in [6.07, 6.45) is 3.72. The van der Waals surface area contributed by atoms with Crippen molar-refractivity contribution in [3.05, 3.63) is 23.9 Å². The zero-order valence-electron chi connectivity index (χ0n) is 9.65. The van der Waals surface area contributed by atoms with E-state index in [0.717, 1.165) is 18.4 Å². The molecule has 4 heteroatoms. The first kappa shape index (κ1) is 12.6. The Morgan fingerprint density at radius 2 is 2.31 bits per heavy atom. The standard InChI is InChI=1S/C12H19N3O/c1-9(4-2-6-13)11(16)8-10-5-3-7-15-12(10)14/h3,5,7,9H,2,4,6,8,13H2,1H3,(H2,14,15). The van der Waals surface area contributed by atoms with E-state index in [4.69, 9.17) is 11.5 Å². The van der Waals surface area contributed by atoms with Crippen LogP contribution >= 0.6 is 0 Å². The summed E-state index contributed by atoms with van der Waals surface area (Å²) in [5, 5.41) is 0. The monoisotopic (exact) mass is 221 g/mol. The molecule has 4 N–H and O–H groups in total. The lowest BCUT2D eigenvalue weighted by Gasteiger charge is -2.10. The predicted octanol–water partition coefficient (Wildman–Crippen LogP) is 1.15. The van der Waals surface area contributed by atoms with Gasteiger partial charge in [0.05, 0.1) is 0 Å². The molecule has 0 amide bonds. The second-order valence-corrected chi connectivity index (χ2v) is 4.02. The fourth-order valence-electron chi connectivity index (χ4n) is 1.55. The van der Waals surface area contributed by atoms with Crippen LogP contribution in [-0.4, -0.2) is 17.3 Å². The highest BCUT2D eigenvalue weighted by atomic mass is 16.1. The molecule has 4 nitrogen and oxygen atoms in total. The molecular formula is C12H19N3O. The Morgan fingerprint density at radius 1 is 1.56 bits per heavy atom. The van der Waals surface area contributed by atoms with Gasteiger partial charge in [-0.1, -0.05) is 13.0 Å². The van der Waals surface area contributed by atoms with E-state index in [1.165, 1.54) is 0 Å². The molecule has 88 valence electrons. The van der Waals surface area contributed by atoms with Crippen molar-refractivity contribution in [1.82, 2.24) is 4.98 Å². The summed E-state index contributed by atoms with van der Waals surface area (Å²) >= 11 is 0. The third-order valence-corrected chi connectivity index (χ3v) is 2.68. The van der Waals surface area contributed by atoms with Gasteiger partial charge in [0.1, 0.15) is 11.6 Å². The zero-order valence-corrected chi connectivity index (χ0v) is 9.65. The summed E-state index contributed by atoms with van der Waals surface area (Å²) in [5.74, 6) is 0.693. The normalized spacial score (nSPS) is 12.4. The Labute approximate surface area is 96.0 Å². The highest BCUT2D eigenvalue weighted by Gasteiger charge is 2.14. The van der Waals surface area contributed by atoms with E-state index in [2.05, 4.69) is 4.98 Å². The van der Waals surface area contributed by atoms with Crippen LogP contribution in [0.4, 0.5) is 5.82 Å². The van der Waals surface area contributed by atoms with Gasteiger partial charge in [0.25, 0.3) is 0 Å². The molecule has 1 aromatic heterocycles. The lowest BCUT2D eigenvalue weighted by atomic mass is 9.95. The summed E-state index contributed by atoms with van der Waals surface area (Å²) in [4.78, 5) is 15.8. The van der Waals surface area contributed by atoms with Crippen LogP contribution in [0.3, 0.4) is 0 Å². The fourth-order valence-corrected chi connectivity index (χ4v) is 1.55. The van der Waals surface area contributed by atoms with Gasteiger partial charge in [-0.25, -0.2) is 4.98 Å². The summed E-state index contributed by atoms with van der Waals surface area (Å²) in [6, 6.07) is 3.64. The Morgan fingerprint density at radius 3 is 2.94 bits per heavy atom. The summed E-state index contributed by atoms with van der Waals surface area (Å²) in [5.41, 5.74) is 11.9. The number of aromatic nitrogens is 1. The number of nitrogens with two attached hydrogens (primary N) is 2. The van der Waals surface area contributed by atoms with Crippen LogP contribution in [0, 0.1) is 5.92 Å². The second-order valence-electron chi connectivity index (χ2n) is 4.02. The average molecular weight is 221 g/mol. The maximum atomic E-state index is 11.8. The predicted molar refractivity (Wildman–Crippen MR) is 64.8 cm³/mol. The molecule has 0 aliphatic rings. The number of rotatable bonds is 6. The molecule has 1 rings (SSSR count). The molecule has 0 radical (unpaired) electrons. The minimum Gasteiger partial charge on any atom is -0.383 e. The summed E-state index contributed by atoms with van der Waals surface area (Å²) < 4.78 is 0. The van der Waals surface area contributed by atoms with Crippen molar-refractivity contribution in [2.24, 2.45) is 11.7 Å². The van der Waals surface area contributed by atoms with Crippen molar-refractivity contribution in [2.75, 3.05) is 12.3 Å². The van der Waals surface area contributed by atoms with Crippen LogP contribution in [0.5, 0.6) is 0 Å². The number of nitrogens with zero attached hydrogens (tertiary/aromatic N) is 1. The van der Waals surface area contributed by atoms with Gasteiger partial charge in [-0.15, -0.1) is 0 Å². The Balaban J connectivity index is 2.54. The van der Waals surface area contributed by atoms with Crippen molar-refractivity contribution in [1.29, 1.82) is 0 Å². The average Bonchev–Trinajstić information content (AvgIpc) is 2.28. The van der Waals surface area contributed by atoms with Crippen molar-refractivity contribution < 1.29 is 4.79 Å². The minimum absolute atomic E-state index is 0.0446. The lowest BCUT2D eigenvalue weighted by molar-refractivity contribution is -0.121. The van der Waals surface area contributed by atoms with Crippen molar-refractivity contribution in [3.63, 3.8) is 0 Å². The molecule has 1 unspecified atom stereocenters. The van der Waals surface area contributed by atoms with E-state index in [1.54, 1.807) is 12.3 Å². The maximum absolute atomic E-state index is 11.8. The molecule has 16 heavy (non-hydrogen) atoms. The van der Waals surface area contributed by atoms with Crippen LogP contribution in [0.1, 0.15) is 25.3 Å². The van der Waals surface area contributed by atoms with Gasteiger partial charge in [0.15, 0.2) is 0 Å². The number of anilines is 1. The van der Waals surface area contributed by atoms with E-state index in [9.17, 15) is 4.79 Å². The molecule has 0 saturated heterocycles. The van der Waals surface area contributed by atoms with E-state index in [-0.39, 0.29) is 11.7 Å². The van der Waals surface area contributed by atoms with Crippen LogP contribution < -0.4 is 11.5 Å². The largest absolute Gasteiger partial charge is 0.383 e. The first-order valence-electron chi connectivity index (χ1n) is 5.57. The van der Waals surface area contributed by atoms with Gasteiger partial charge in [0, 0.05) is 24.1 Å². The molecule has 0 saturated carbocycles. The van der Waals surface area contributed by atoms with Gasteiger partial charge in [0.2, 0.25) is 0 Å². The van der Waals surface area contributed by atoms with E-state index in [0.29, 0.717) is 18.8 Å². The highest BCUT2D eigenvalue weighted by Crippen LogP contribution is 2.13. The maximum Gasteiger partial charge on any atom is 0.140 e. The van der Waals surface area contributed by atoms with Crippen molar-refractivity contribution in [2.45, 2.75) is 26.2 Å². The summed E-state index contributed by atoms with van der Waals surface area (Å²) in [7, 11) is 0. The summed E-state index contributed by atoms with van der Waals surface area (Å²) in [6.45, 7) is 2.57. The first-order valence-corrected chi connectivity index (χ1v) is 5.57. The SMILES string of the molecule is CC(CCCN)C(=O)Cc1cccnc1N. The van der Waals surface area contributed by atoms with Gasteiger partial charge >= 0.3 is 0 Å². The molecule has 0 bridgehead atoms. The second kappa shape index (κ2) is 6.23. The molecule has 0 spiro atoms. The van der Waals surface area contributed by atoms with Crippen LogP contribution in [0.15, 0.2) is 18.3 Å². The number of Topliss-reactive ketones (excluding diaryl/α,β-unsaturated/α-hetero) is 1. The minimum atomic E-state index is 0.0446. The molecule has 0 aliphatic carbocycles. The van der Waals surface area contributed by atoms with E-state index in [1.807, 2.05) is 13.0 Å². The molecule has 0 aromatic carbocycles. The molecular weight excluding hydrogens is 202 g/mol. The van der Waals surface area contributed by atoms with Gasteiger partial charge < -0.3 is 11.5 Å². The number of ketones is 1. The number of pyridine rings is 1. The van der Waals surface area contributed by atoms with Gasteiger partial charge in [-0.3, -0.25) is 4.79 Å². The van der Waals surface area contributed by atoms with Crippen LogP contribution in [0.25, 0.3) is 0 Å². The number of nitrogen functional groups attached to an aromatic ring is 1. The number of hydrogen-bond acceptors (Lipinski definition) is 4. The van der Waals surface area contributed by atoms with Crippen LogP contribution in [0.2, 0.25) is 0 Å². The number of hydrogen-bond donors (Lipinski definition) is 2. The number of carbonyl (C=O) groups is 1. The van der Waals surface area contributed by atoms with E-state index < -0.39 is 0 Å². The number of carbonyl (C=O) groups excluding carboxylic acids is 1. The topological polar surface area (TPSA) is 82.0 Å². The lowest BCUT2D eigenvalue weighted by Crippen LogP contribution is -2.16. The molecule has 1 heterocycles. The van der Waals surface area contributed by atoms with Crippen LogP contribution in [-0.2, 0) is 11.2 Å². The zero-order chi connectivity index (χ0) is 12.0. The first-order chi connectivity index (χ1) is 7.65. The van der Waals surface area contributed by atoms with E-state index >= 15 is 0 Å². The van der Waals surface area contributed by atoms with Crippen molar-refractivity contribution in [3.8, 4) is 0 Å². The molecule has 0 fully saturated rings. The quantitative estimate of drug-likeness (QED) is 0.755. The smallest absolute Gasteiger partial charge is 0.140 e. The highest BCUT2D eigenvalue weighted by molar-refractivity contribution is 5.83.